The lowest BCUT2D eigenvalue weighted by Gasteiger charge is -2.35. The highest BCUT2D eigenvalue weighted by Gasteiger charge is 2.28. The van der Waals surface area contributed by atoms with Crippen LogP contribution >= 0.6 is 0 Å². The average Bonchev–Trinajstić information content (AvgIpc) is 2.49. The minimum absolute atomic E-state index is 1.09. The summed E-state index contributed by atoms with van der Waals surface area (Å²) in [6, 6.07) is 0. The summed E-state index contributed by atoms with van der Waals surface area (Å²) >= 11 is 0. The van der Waals surface area contributed by atoms with E-state index in [1.165, 1.54) is 64.2 Å². The number of rotatable bonds is 7. The zero-order valence-corrected chi connectivity index (χ0v) is 13.2. The predicted molar refractivity (Wildman–Crippen MR) is 85.1 cm³/mol. The molecule has 0 heterocycles. The molecule has 0 amide bonds. The average molecular weight is 263 g/mol. The summed E-state index contributed by atoms with van der Waals surface area (Å²) < 4.78 is 0. The summed E-state index contributed by atoms with van der Waals surface area (Å²) in [6.07, 6.45) is 23.4. The molecule has 0 aromatic rings. The van der Waals surface area contributed by atoms with Crippen molar-refractivity contribution in [2.75, 3.05) is 0 Å². The van der Waals surface area contributed by atoms with Crippen LogP contribution in [0.2, 0.25) is 0 Å². The van der Waals surface area contributed by atoms with Crippen molar-refractivity contribution < 1.29 is 0 Å². The van der Waals surface area contributed by atoms with Gasteiger partial charge in [-0.3, -0.25) is 0 Å². The van der Waals surface area contributed by atoms with Gasteiger partial charge >= 0.3 is 0 Å². The second-order valence-corrected chi connectivity index (χ2v) is 7.19. The van der Waals surface area contributed by atoms with E-state index in [0.717, 1.165) is 17.8 Å². The Morgan fingerprint density at radius 2 is 1.37 bits per heavy atom. The van der Waals surface area contributed by atoms with E-state index >= 15 is 0 Å². The van der Waals surface area contributed by atoms with Crippen molar-refractivity contribution >= 4 is 0 Å². The van der Waals surface area contributed by atoms with E-state index in [-0.39, 0.29) is 0 Å². The van der Waals surface area contributed by atoms with E-state index in [1.807, 2.05) is 0 Å². The van der Waals surface area contributed by atoms with Crippen LogP contribution in [0.5, 0.6) is 0 Å². The van der Waals surface area contributed by atoms with Crippen molar-refractivity contribution in [3.63, 3.8) is 0 Å². The van der Waals surface area contributed by atoms with E-state index < -0.39 is 0 Å². The Kier molecular flexibility index (Phi) is 7.32. The minimum Gasteiger partial charge on any atom is -0.0654 e. The van der Waals surface area contributed by atoms with Crippen LogP contribution in [0.1, 0.15) is 96.8 Å². The fourth-order valence-corrected chi connectivity index (χ4v) is 4.41. The molecule has 0 unspecified atom stereocenters. The van der Waals surface area contributed by atoms with Crippen molar-refractivity contribution in [3.8, 4) is 0 Å². The Bertz CT molecular complexity index is 206. The quantitative estimate of drug-likeness (QED) is 0.457. The normalized spacial score (nSPS) is 29.5. The SMILES string of the molecule is CCCCCCC[C@H]1CC[C@H](C2CC[CH]CC2)CC1. The lowest BCUT2D eigenvalue weighted by molar-refractivity contribution is 0.171. The monoisotopic (exact) mass is 263 g/mol. The van der Waals surface area contributed by atoms with Gasteiger partial charge in [-0.2, -0.15) is 0 Å². The van der Waals surface area contributed by atoms with Crippen molar-refractivity contribution in [1.82, 2.24) is 0 Å². The van der Waals surface area contributed by atoms with Crippen molar-refractivity contribution in [2.45, 2.75) is 96.8 Å². The summed E-state index contributed by atoms with van der Waals surface area (Å²) in [6.45, 7) is 2.31. The molecular weight excluding hydrogens is 228 g/mol. The Balaban J connectivity index is 1.54. The highest BCUT2D eigenvalue weighted by atomic mass is 14.3. The van der Waals surface area contributed by atoms with Gasteiger partial charge in [0, 0.05) is 0 Å². The van der Waals surface area contributed by atoms with E-state index in [2.05, 4.69) is 13.3 Å². The summed E-state index contributed by atoms with van der Waals surface area (Å²) in [5, 5.41) is 0. The van der Waals surface area contributed by atoms with Gasteiger partial charge in [-0.25, -0.2) is 0 Å². The predicted octanol–water partition coefficient (Wildman–Crippen LogP) is 6.55. The van der Waals surface area contributed by atoms with Gasteiger partial charge in [0.05, 0.1) is 0 Å². The van der Waals surface area contributed by atoms with Gasteiger partial charge in [-0.05, 0) is 62.7 Å². The fourth-order valence-electron chi connectivity index (χ4n) is 4.41. The van der Waals surface area contributed by atoms with Crippen LogP contribution in [0.25, 0.3) is 0 Å². The number of unbranched alkanes of at least 4 members (excludes halogenated alkanes) is 4. The zero-order chi connectivity index (χ0) is 13.3. The molecular formula is C19H35. The van der Waals surface area contributed by atoms with Gasteiger partial charge in [0.15, 0.2) is 0 Å². The third-order valence-corrected chi connectivity index (χ3v) is 5.76. The molecule has 0 aliphatic heterocycles. The maximum Gasteiger partial charge on any atom is -0.0386 e. The van der Waals surface area contributed by atoms with Gasteiger partial charge in [0.2, 0.25) is 0 Å². The topological polar surface area (TPSA) is 0 Å². The first-order chi connectivity index (χ1) is 9.40. The minimum atomic E-state index is 1.09. The Morgan fingerprint density at radius 1 is 0.737 bits per heavy atom. The zero-order valence-electron chi connectivity index (χ0n) is 13.2. The molecule has 2 rings (SSSR count). The second-order valence-electron chi connectivity index (χ2n) is 7.19. The fraction of sp³-hybridized carbons (Fsp3) is 0.947. The van der Waals surface area contributed by atoms with Gasteiger partial charge < -0.3 is 0 Å². The molecule has 0 bridgehead atoms. The molecule has 2 saturated carbocycles. The van der Waals surface area contributed by atoms with Crippen LogP contribution in [0.15, 0.2) is 0 Å². The Labute approximate surface area is 121 Å². The standard InChI is InChI=1S/C19H35/c1-2-3-4-5-7-10-17-13-15-19(16-14-17)18-11-8-6-9-12-18/h6,17-19H,2-5,7-16H2,1H3/t17-,19-. The Hall–Kier alpha value is 0. The van der Waals surface area contributed by atoms with Crippen LogP contribution in [0.4, 0.5) is 0 Å². The van der Waals surface area contributed by atoms with Crippen LogP contribution < -0.4 is 0 Å². The van der Waals surface area contributed by atoms with Crippen molar-refractivity contribution in [3.05, 3.63) is 6.42 Å². The summed E-state index contributed by atoms with van der Waals surface area (Å²) in [5.74, 6) is 3.29. The third-order valence-electron chi connectivity index (χ3n) is 5.76. The highest BCUT2D eigenvalue weighted by Crippen LogP contribution is 2.40. The molecule has 0 heteroatoms. The van der Waals surface area contributed by atoms with Crippen LogP contribution in [-0.2, 0) is 0 Å². The van der Waals surface area contributed by atoms with Gasteiger partial charge in [0.25, 0.3) is 0 Å². The Morgan fingerprint density at radius 3 is 2.05 bits per heavy atom. The summed E-state index contributed by atoms with van der Waals surface area (Å²) in [5.41, 5.74) is 0. The molecule has 19 heavy (non-hydrogen) atoms. The van der Waals surface area contributed by atoms with Crippen molar-refractivity contribution in [1.29, 1.82) is 0 Å². The molecule has 2 fully saturated rings. The van der Waals surface area contributed by atoms with Crippen LogP contribution in [0, 0.1) is 24.2 Å². The molecule has 2 aliphatic rings. The lowest BCUT2D eigenvalue weighted by Crippen LogP contribution is -2.23. The molecule has 0 aromatic heterocycles. The van der Waals surface area contributed by atoms with Gasteiger partial charge in [0.1, 0.15) is 0 Å². The number of hydrogen-bond acceptors (Lipinski definition) is 0. The van der Waals surface area contributed by atoms with E-state index in [1.54, 1.807) is 25.7 Å². The molecule has 0 N–H and O–H groups in total. The molecule has 2 aliphatic carbocycles. The summed E-state index contributed by atoms with van der Waals surface area (Å²) in [7, 11) is 0. The highest BCUT2D eigenvalue weighted by molar-refractivity contribution is 4.84. The summed E-state index contributed by atoms with van der Waals surface area (Å²) in [4.78, 5) is 0. The smallest absolute Gasteiger partial charge is 0.0386 e. The molecule has 0 nitrogen and oxygen atoms in total. The maximum absolute atomic E-state index is 2.51. The molecule has 0 atom stereocenters. The second kappa shape index (κ2) is 9.03. The van der Waals surface area contributed by atoms with E-state index in [0.29, 0.717) is 0 Å². The first-order valence-electron chi connectivity index (χ1n) is 9.21. The van der Waals surface area contributed by atoms with Crippen LogP contribution in [-0.4, -0.2) is 0 Å². The molecule has 111 valence electrons. The van der Waals surface area contributed by atoms with Gasteiger partial charge in [-0.15, -0.1) is 0 Å². The van der Waals surface area contributed by atoms with E-state index in [4.69, 9.17) is 0 Å². The first kappa shape index (κ1) is 15.4. The van der Waals surface area contributed by atoms with E-state index in [9.17, 15) is 0 Å². The first-order valence-corrected chi connectivity index (χ1v) is 9.21. The van der Waals surface area contributed by atoms with Crippen molar-refractivity contribution in [2.24, 2.45) is 17.8 Å². The molecule has 1 radical (unpaired) electrons. The van der Waals surface area contributed by atoms with Gasteiger partial charge in [-0.1, -0.05) is 58.3 Å². The maximum atomic E-state index is 2.51. The third kappa shape index (κ3) is 5.48. The molecule has 0 saturated heterocycles. The molecule has 0 spiro atoms. The lowest BCUT2D eigenvalue weighted by atomic mass is 9.70. The van der Waals surface area contributed by atoms with Crippen LogP contribution in [0.3, 0.4) is 0 Å². The molecule has 0 aromatic carbocycles. The largest absolute Gasteiger partial charge is 0.0654 e. The number of hydrogen-bond donors (Lipinski definition) is 0.